The van der Waals surface area contributed by atoms with Crippen LogP contribution in [0.4, 0.5) is 0 Å². The highest BCUT2D eigenvalue weighted by Crippen LogP contribution is 2.06. The standard InChI is InChI=1S/C11H18N2O2/c1-4-9-7-10(5-2)13(12-9)8-11(14)15-6-3/h7H,4-6,8H2,1-3H3. The van der Waals surface area contributed by atoms with Gasteiger partial charge >= 0.3 is 5.97 Å². The van der Waals surface area contributed by atoms with Crippen molar-refractivity contribution in [2.24, 2.45) is 0 Å². The molecule has 1 heterocycles. The molecular formula is C11H18N2O2. The van der Waals surface area contributed by atoms with Crippen LogP contribution in [0.5, 0.6) is 0 Å². The monoisotopic (exact) mass is 210 g/mol. The molecule has 0 atom stereocenters. The number of esters is 1. The normalized spacial score (nSPS) is 10.3. The molecule has 0 saturated carbocycles. The van der Waals surface area contributed by atoms with Crippen molar-refractivity contribution in [2.45, 2.75) is 40.2 Å². The van der Waals surface area contributed by atoms with Crippen molar-refractivity contribution in [1.82, 2.24) is 9.78 Å². The minimum Gasteiger partial charge on any atom is -0.465 e. The van der Waals surface area contributed by atoms with E-state index in [2.05, 4.69) is 18.9 Å². The lowest BCUT2D eigenvalue weighted by atomic mass is 10.3. The molecule has 0 amide bonds. The van der Waals surface area contributed by atoms with Crippen molar-refractivity contribution in [3.05, 3.63) is 17.5 Å². The van der Waals surface area contributed by atoms with E-state index in [9.17, 15) is 4.79 Å². The van der Waals surface area contributed by atoms with Crippen LogP contribution in [-0.2, 0) is 28.9 Å². The van der Waals surface area contributed by atoms with Crippen molar-refractivity contribution in [3.8, 4) is 0 Å². The van der Waals surface area contributed by atoms with Gasteiger partial charge in [-0.1, -0.05) is 13.8 Å². The van der Waals surface area contributed by atoms with Crippen molar-refractivity contribution in [2.75, 3.05) is 6.61 Å². The molecule has 1 rings (SSSR count). The highest BCUT2D eigenvalue weighted by Gasteiger charge is 2.09. The fourth-order valence-corrected chi connectivity index (χ4v) is 1.44. The summed E-state index contributed by atoms with van der Waals surface area (Å²) in [6.45, 7) is 6.55. The summed E-state index contributed by atoms with van der Waals surface area (Å²) in [5.41, 5.74) is 2.11. The Balaban J connectivity index is 2.74. The smallest absolute Gasteiger partial charge is 0.327 e. The summed E-state index contributed by atoms with van der Waals surface area (Å²) in [5.74, 6) is -0.224. The molecule has 4 nitrogen and oxygen atoms in total. The summed E-state index contributed by atoms with van der Waals surface area (Å²) in [7, 11) is 0. The predicted octanol–water partition coefficient (Wildman–Crippen LogP) is 1.57. The second kappa shape index (κ2) is 5.53. The second-order valence-corrected chi connectivity index (χ2v) is 3.30. The molecule has 1 aromatic rings. The van der Waals surface area contributed by atoms with Gasteiger partial charge in [0.1, 0.15) is 6.54 Å². The highest BCUT2D eigenvalue weighted by atomic mass is 16.5. The molecular weight excluding hydrogens is 192 g/mol. The molecule has 0 bridgehead atoms. The minimum absolute atomic E-state index is 0.219. The molecule has 0 saturated heterocycles. The second-order valence-electron chi connectivity index (χ2n) is 3.30. The van der Waals surface area contributed by atoms with Crippen LogP contribution in [0.25, 0.3) is 0 Å². The molecule has 0 aliphatic heterocycles. The Morgan fingerprint density at radius 3 is 2.67 bits per heavy atom. The zero-order valence-electron chi connectivity index (χ0n) is 9.62. The van der Waals surface area contributed by atoms with Gasteiger partial charge in [-0.25, -0.2) is 0 Å². The maximum Gasteiger partial charge on any atom is 0.327 e. The Morgan fingerprint density at radius 2 is 2.13 bits per heavy atom. The molecule has 0 aliphatic rings. The van der Waals surface area contributed by atoms with Crippen molar-refractivity contribution < 1.29 is 9.53 Å². The van der Waals surface area contributed by atoms with Crippen LogP contribution in [0.15, 0.2) is 6.07 Å². The topological polar surface area (TPSA) is 44.1 Å². The van der Waals surface area contributed by atoms with Gasteiger partial charge in [-0.3, -0.25) is 9.48 Å². The molecule has 0 unspecified atom stereocenters. The summed E-state index contributed by atoms with van der Waals surface area (Å²) in [6, 6.07) is 2.04. The number of aryl methyl sites for hydroxylation is 2. The van der Waals surface area contributed by atoms with E-state index in [0.29, 0.717) is 6.61 Å². The van der Waals surface area contributed by atoms with Gasteiger partial charge in [0.15, 0.2) is 0 Å². The Hall–Kier alpha value is -1.32. The number of rotatable bonds is 5. The average molecular weight is 210 g/mol. The van der Waals surface area contributed by atoms with E-state index in [1.165, 1.54) is 0 Å². The number of aromatic nitrogens is 2. The Bertz CT molecular complexity index is 331. The molecule has 0 fully saturated rings. The Kier molecular flexibility index (Phi) is 4.34. The van der Waals surface area contributed by atoms with Crippen LogP contribution < -0.4 is 0 Å². The average Bonchev–Trinajstić information content (AvgIpc) is 2.60. The third-order valence-electron chi connectivity index (χ3n) is 2.22. The Morgan fingerprint density at radius 1 is 1.40 bits per heavy atom. The number of nitrogens with zero attached hydrogens (tertiary/aromatic N) is 2. The van der Waals surface area contributed by atoms with Crippen LogP contribution in [0, 0.1) is 0 Å². The fraction of sp³-hybridized carbons (Fsp3) is 0.636. The summed E-state index contributed by atoms with van der Waals surface area (Å²) < 4.78 is 6.62. The first-order valence-corrected chi connectivity index (χ1v) is 5.42. The lowest BCUT2D eigenvalue weighted by Crippen LogP contribution is -2.16. The quantitative estimate of drug-likeness (QED) is 0.693. The molecule has 84 valence electrons. The van der Waals surface area contributed by atoms with Gasteiger partial charge in [-0.2, -0.15) is 5.10 Å². The number of carbonyl (C=O) groups excluding carboxylic acids is 1. The highest BCUT2D eigenvalue weighted by molar-refractivity contribution is 5.69. The first kappa shape index (κ1) is 11.8. The molecule has 1 aromatic heterocycles. The molecule has 0 radical (unpaired) electrons. The van der Waals surface area contributed by atoms with Gasteiger partial charge in [0.2, 0.25) is 0 Å². The summed E-state index contributed by atoms with van der Waals surface area (Å²) in [5, 5.41) is 4.34. The molecule has 0 aliphatic carbocycles. The lowest BCUT2D eigenvalue weighted by molar-refractivity contribution is -0.144. The van der Waals surface area contributed by atoms with E-state index >= 15 is 0 Å². The number of carbonyl (C=O) groups is 1. The minimum atomic E-state index is -0.224. The van der Waals surface area contributed by atoms with E-state index in [1.807, 2.05) is 6.07 Å². The van der Waals surface area contributed by atoms with Gasteiger partial charge in [-0.15, -0.1) is 0 Å². The molecule has 15 heavy (non-hydrogen) atoms. The summed E-state index contributed by atoms with van der Waals surface area (Å²) >= 11 is 0. The third kappa shape index (κ3) is 3.08. The van der Waals surface area contributed by atoms with Crippen LogP contribution in [0.1, 0.15) is 32.2 Å². The fourth-order valence-electron chi connectivity index (χ4n) is 1.44. The van der Waals surface area contributed by atoms with Gasteiger partial charge in [0.25, 0.3) is 0 Å². The first-order valence-electron chi connectivity index (χ1n) is 5.42. The zero-order valence-corrected chi connectivity index (χ0v) is 9.62. The maximum atomic E-state index is 11.3. The third-order valence-corrected chi connectivity index (χ3v) is 2.22. The first-order chi connectivity index (χ1) is 7.21. The molecule has 0 aromatic carbocycles. The predicted molar refractivity (Wildman–Crippen MR) is 57.6 cm³/mol. The van der Waals surface area contributed by atoms with E-state index in [-0.39, 0.29) is 12.5 Å². The van der Waals surface area contributed by atoms with Crippen molar-refractivity contribution >= 4 is 5.97 Å². The molecule has 0 spiro atoms. The van der Waals surface area contributed by atoms with Gasteiger partial charge in [0, 0.05) is 5.69 Å². The van der Waals surface area contributed by atoms with Gasteiger partial charge < -0.3 is 4.74 Å². The summed E-state index contributed by atoms with van der Waals surface area (Å²) in [4.78, 5) is 11.3. The lowest BCUT2D eigenvalue weighted by Gasteiger charge is -2.04. The van der Waals surface area contributed by atoms with Crippen LogP contribution >= 0.6 is 0 Å². The van der Waals surface area contributed by atoms with Crippen LogP contribution in [-0.4, -0.2) is 22.4 Å². The Labute approximate surface area is 90.2 Å². The number of hydrogen-bond donors (Lipinski definition) is 0. The van der Waals surface area contributed by atoms with E-state index < -0.39 is 0 Å². The van der Waals surface area contributed by atoms with Crippen LogP contribution in [0.2, 0.25) is 0 Å². The van der Waals surface area contributed by atoms with E-state index in [4.69, 9.17) is 4.74 Å². The maximum absolute atomic E-state index is 11.3. The zero-order chi connectivity index (χ0) is 11.3. The molecule has 0 N–H and O–H groups in total. The van der Waals surface area contributed by atoms with Crippen molar-refractivity contribution in [1.29, 1.82) is 0 Å². The summed E-state index contributed by atoms with van der Waals surface area (Å²) in [6.07, 6.45) is 1.77. The largest absolute Gasteiger partial charge is 0.465 e. The van der Waals surface area contributed by atoms with Gasteiger partial charge in [-0.05, 0) is 25.8 Å². The SMILES string of the molecule is CCOC(=O)Cn1nc(CC)cc1CC. The number of hydrogen-bond acceptors (Lipinski definition) is 3. The van der Waals surface area contributed by atoms with Crippen molar-refractivity contribution in [3.63, 3.8) is 0 Å². The van der Waals surface area contributed by atoms with Gasteiger partial charge in [0.05, 0.1) is 12.3 Å². The van der Waals surface area contributed by atoms with E-state index in [1.54, 1.807) is 11.6 Å². The number of ether oxygens (including phenoxy) is 1. The molecule has 4 heteroatoms. The van der Waals surface area contributed by atoms with Crippen LogP contribution in [0.3, 0.4) is 0 Å². The van der Waals surface area contributed by atoms with E-state index in [0.717, 1.165) is 24.2 Å².